The van der Waals surface area contributed by atoms with Crippen LogP contribution in [-0.4, -0.2) is 17.5 Å². The summed E-state index contributed by atoms with van der Waals surface area (Å²) in [6.07, 6.45) is 3.35. The Kier molecular flexibility index (Phi) is 5.67. The van der Waals surface area contributed by atoms with Gasteiger partial charge in [-0.1, -0.05) is 30.2 Å². The van der Waals surface area contributed by atoms with Gasteiger partial charge in [-0.25, -0.2) is 4.79 Å². The zero-order chi connectivity index (χ0) is 16.5. The van der Waals surface area contributed by atoms with Crippen LogP contribution >= 0.6 is 0 Å². The molecule has 0 saturated heterocycles. The second-order valence-corrected chi connectivity index (χ2v) is 4.47. The Bertz CT molecular complexity index is 768. The second kappa shape index (κ2) is 8.15. The highest BCUT2D eigenvalue weighted by Gasteiger charge is 2.02. The lowest BCUT2D eigenvalue weighted by Gasteiger charge is -1.96. The predicted molar refractivity (Wildman–Crippen MR) is 86.4 cm³/mol. The van der Waals surface area contributed by atoms with E-state index in [1.165, 1.54) is 12.1 Å². The number of carbonyl (C=O) groups excluding carboxylic acids is 1. The number of ether oxygens (including phenoxy) is 1. The van der Waals surface area contributed by atoms with Crippen molar-refractivity contribution in [3.05, 3.63) is 81.9 Å². The van der Waals surface area contributed by atoms with Crippen LogP contribution in [0, 0.1) is 22.0 Å². The van der Waals surface area contributed by atoms with Gasteiger partial charge in [-0.2, -0.15) is 0 Å². The molecule has 0 aliphatic rings. The number of esters is 1. The van der Waals surface area contributed by atoms with Crippen molar-refractivity contribution in [2.75, 3.05) is 6.61 Å². The highest BCUT2D eigenvalue weighted by atomic mass is 16.6. The number of rotatable bonds is 4. The lowest BCUT2D eigenvalue weighted by molar-refractivity contribution is -0.384. The Balaban J connectivity index is 1.81. The van der Waals surface area contributed by atoms with Crippen LogP contribution in [0.5, 0.6) is 0 Å². The van der Waals surface area contributed by atoms with E-state index in [0.717, 1.165) is 11.1 Å². The van der Waals surface area contributed by atoms with Gasteiger partial charge in [-0.3, -0.25) is 10.1 Å². The molecule has 5 heteroatoms. The van der Waals surface area contributed by atoms with Crippen LogP contribution in [0.3, 0.4) is 0 Å². The molecule has 0 N–H and O–H groups in total. The molecule has 2 aromatic carbocycles. The first-order valence-electron chi connectivity index (χ1n) is 6.80. The summed E-state index contributed by atoms with van der Waals surface area (Å²) in [6.45, 7) is 0.0826. The molecule has 5 nitrogen and oxygen atoms in total. The van der Waals surface area contributed by atoms with Gasteiger partial charge in [0.1, 0.15) is 6.61 Å². The van der Waals surface area contributed by atoms with E-state index in [0.29, 0.717) is 0 Å². The lowest BCUT2D eigenvalue weighted by Crippen LogP contribution is -2.00. The molecule has 114 valence electrons. The van der Waals surface area contributed by atoms with Gasteiger partial charge in [0.05, 0.1) is 4.92 Å². The predicted octanol–water partition coefficient (Wildman–Crippen LogP) is 3.20. The number of hydrogen-bond donors (Lipinski definition) is 0. The normalized spacial score (nSPS) is 9.91. The van der Waals surface area contributed by atoms with Crippen molar-refractivity contribution in [3.63, 3.8) is 0 Å². The SMILES string of the molecule is O=C(C#Cc1ccccc1)OC/C=C/c1ccc([N+](=O)[O-])cc1. The number of non-ortho nitro benzene ring substituents is 1. The fourth-order valence-corrected chi connectivity index (χ4v) is 1.70. The van der Waals surface area contributed by atoms with Gasteiger partial charge in [-0.05, 0) is 35.9 Å². The standard InChI is InChI=1S/C18H13NO4/c20-18(13-10-15-5-2-1-3-6-15)23-14-4-7-16-8-11-17(12-9-16)19(21)22/h1-9,11-12H,14H2/b7-4+. The fraction of sp³-hybridized carbons (Fsp3) is 0.0556. The van der Waals surface area contributed by atoms with Crippen LogP contribution in [0.2, 0.25) is 0 Å². The molecule has 23 heavy (non-hydrogen) atoms. The molecular formula is C18H13NO4. The Hall–Kier alpha value is -3.39. The van der Waals surface area contributed by atoms with Crippen LogP contribution in [0.15, 0.2) is 60.7 Å². The van der Waals surface area contributed by atoms with E-state index in [9.17, 15) is 14.9 Å². The number of hydrogen-bond acceptors (Lipinski definition) is 4. The summed E-state index contributed by atoms with van der Waals surface area (Å²) in [5.74, 6) is 4.50. The van der Waals surface area contributed by atoms with Crippen molar-refractivity contribution in [2.45, 2.75) is 0 Å². The van der Waals surface area contributed by atoms with Gasteiger partial charge in [-0.15, -0.1) is 0 Å². The summed E-state index contributed by atoms with van der Waals surface area (Å²) in [6, 6.07) is 15.2. The molecule has 0 aliphatic heterocycles. The monoisotopic (exact) mass is 307 g/mol. The van der Waals surface area contributed by atoms with E-state index < -0.39 is 10.9 Å². The quantitative estimate of drug-likeness (QED) is 0.376. The zero-order valence-electron chi connectivity index (χ0n) is 12.1. The average Bonchev–Trinajstić information content (AvgIpc) is 2.58. The van der Waals surface area contributed by atoms with Crippen molar-refractivity contribution in [2.24, 2.45) is 0 Å². The largest absolute Gasteiger partial charge is 0.452 e. The minimum atomic E-state index is -0.609. The molecule has 0 saturated carbocycles. The maximum atomic E-state index is 11.4. The molecule has 0 unspecified atom stereocenters. The van der Waals surface area contributed by atoms with Crippen LogP contribution < -0.4 is 0 Å². The summed E-state index contributed by atoms with van der Waals surface area (Å²) >= 11 is 0. The van der Waals surface area contributed by atoms with Crippen LogP contribution in [-0.2, 0) is 9.53 Å². The Morgan fingerprint density at radius 3 is 2.48 bits per heavy atom. The van der Waals surface area contributed by atoms with Gasteiger partial charge in [0.15, 0.2) is 0 Å². The first-order chi connectivity index (χ1) is 11.1. The molecule has 0 fully saturated rings. The van der Waals surface area contributed by atoms with Crippen LogP contribution in [0.1, 0.15) is 11.1 Å². The molecule has 0 aromatic heterocycles. The molecule has 0 radical (unpaired) electrons. The van der Waals surface area contributed by atoms with E-state index in [-0.39, 0.29) is 12.3 Å². The second-order valence-electron chi connectivity index (χ2n) is 4.47. The van der Waals surface area contributed by atoms with Gasteiger partial charge in [0, 0.05) is 23.6 Å². The van der Waals surface area contributed by atoms with Gasteiger partial charge < -0.3 is 4.74 Å². The third-order valence-corrected chi connectivity index (χ3v) is 2.81. The summed E-state index contributed by atoms with van der Waals surface area (Å²) in [5, 5.41) is 10.5. The van der Waals surface area contributed by atoms with E-state index in [4.69, 9.17) is 4.74 Å². The number of nitrogens with zero attached hydrogens (tertiary/aromatic N) is 1. The van der Waals surface area contributed by atoms with E-state index in [2.05, 4.69) is 11.8 Å². The molecular weight excluding hydrogens is 294 g/mol. The molecule has 2 rings (SSSR count). The van der Waals surface area contributed by atoms with Crippen molar-refractivity contribution in [1.82, 2.24) is 0 Å². The number of benzene rings is 2. The smallest absolute Gasteiger partial charge is 0.385 e. The maximum Gasteiger partial charge on any atom is 0.385 e. The third-order valence-electron chi connectivity index (χ3n) is 2.81. The average molecular weight is 307 g/mol. The Morgan fingerprint density at radius 1 is 1.13 bits per heavy atom. The van der Waals surface area contributed by atoms with Crippen molar-refractivity contribution in [1.29, 1.82) is 0 Å². The minimum absolute atomic E-state index is 0.0322. The Labute approximate surface area is 133 Å². The Morgan fingerprint density at radius 2 is 1.83 bits per heavy atom. The number of nitro benzene ring substituents is 1. The van der Waals surface area contributed by atoms with Crippen molar-refractivity contribution < 1.29 is 14.5 Å². The summed E-state index contributed by atoms with van der Waals surface area (Å²) < 4.78 is 4.94. The third kappa shape index (κ3) is 5.48. The van der Waals surface area contributed by atoms with Gasteiger partial charge >= 0.3 is 5.97 Å². The van der Waals surface area contributed by atoms with E-state index in [1.54, 1.807) is 36.4 Å². The fourth-order valence-electron chi connectivity index (χ4n) is 1.70. The van der Waals surface area contributed by atoms with Crippen molar-refractivity contribution >= 4 is 17.7 Å². The topological polar surface area (TPSA) is 69.4 Å². The molecule has 0 aliphatic carbocycles. The zero-order valence-corrected chi connectivity index (χ0v) is 12.1. The molecule has 0 amide bonds. The van der Waals surface area contributed by atoms with Gasteiger partial charge in [0.25, 0.3) is 5.69 Å². The van der Waals surface area contributed by atoms with Crippen molar-refractivity contribution in [3.8, 4) is 11.8 Å². The first-order valence-corrected chi connectivity index (χ1v) is 6.80. The summed E-state index contributed by atoms with van der Waals surface area (Å²) in [7, 11) is 0. The summed E-state index contributed by atoms with van der Waals surface area (Å²) in [4.78, 5) is 21.5. The van der Waals surface area contributed by atoms with Gasteiger partial charge in [0.2, 0.25) is 0 Å². The van der Waals surface area contributed by atoms with E-state index >= 15 is 0 Å². The molecule has 0 spiro atoms. The highest BCUT2D eigenvalue weighted by molar-refractivity contribution is 5.89. The number of nitro groups is 1. The molecule has 2 aromatic rings. The summed E-state index contributed by atoms with van der Waals surface area (Å²) in [5.41, 5.74) is 1.55. The first kappa shape index (κ1) is 16.0. The maximum absolute atomic E-state index is 11.4. The molecule has 0 atom stereocenters. The van der Waals surface area contributed by atoms with E-state index in [1.807, 2.05) is 18.2 Å². The van der Waals surface area contributed by atoms with Crippen LogP contribution in [0.25, 0.3) is 6.08 Å². The minimum Gasteiger partial charge on any atom is -0.452 e. The number of carbonyl (C=O) groups is 1. The highest BCUT2D eigenvalue weighted by Crippen LogP contribution is 2.12. The lowest BCUT2D eigenvalue weighted by atomic mass is 10.2. The van der Waals surface area contributed by atoms with Crippen LogP contribution in [0.4, 0.5) is 5.69 Å². The molecule has 0 bridgehead atoms. The molecule has 0 heterocycles.